The first-order chi connectivity index (χ1) is 9.13. The molecule has 2 rings (SSSR count). The summed E-state index contributed by atoms with van der Waals surface area (Å²) in [4.78, 5) is 12.1. The highest BCUT2D eigenvalue weighted by Crippen LogP contribution is 2.52. The quantitative estimate of drug-likeness (QED) is 0.777. The summed E-state index contributed by atoms with van der Waals surface area (Å²) in [5, 5.41) is 4.16. The lowest BCUT2D eigenvalue weighted by Crippen LogP contribution is -2.53. The Bertz CT molecular complexity index is 534. The summed E-state index contributed by atoms with van der Waals surface area (Å²) >= 11 is 18.2. The second kappa shape index (κ2) is 5.40. The average molecular weight is 335 g/mol. The molecular formula is C15H18Cl3NO. The third-order valence-corrected chi connectivity index (χ3v) is 4.67. The molecule has 1 aliphatic rings. The van der Waals surface area contributed by atoms with Gasteiger partial charge in [-0.25, -0.2) is 0 Å². The third-order valence-electron chi connectivity index (χ3n) is 3.84. The molecule has 0 saturated heterocycles. The van der Waals surface area contributed by atoms with Gasteiger partial charge in [-0.3, -0.25) is 4.79 Å². The lowest BCUT2D eigenvalue weighted by molar-refractivity contribution is -0.137. The summed E-state index contributed by atoms with van der Waals surface area (Å²) in [7, 11) is 0. The van der Waals surface area contributed by atoms with E-state index in [2.05, 4.69) is 5.32 Å². The Balaban J connectivity index is 2.05. The Labute approximate surface area is 134 Å². The van der Waals surface area contributed by atoms with Gasteiger partial charge in [-0.05, 0) is 44.4 Å². The molecule has 1 aromatic rings. The Kier molecular flexibility index (Phi) is 4.30. The SMILES string of the molecule is CC(NC(=O)[C@]1(C)C[C@@](C)(Cl)C1)c1ccc(Cl)cc1Cl. The molecule has 5 heteroatoms. The van der Waals surface area contributed by atoms with E-state index in [4.69, 9.17) is 34.8 Å². The molecule has 0 aromatic heterocycles. The van der Waals surface area contributed by atoms with Crippen molar-refractivity contribution in [2.24, 2.45) is 5.41 Å². The van der Waals surface area contributed by atoms with Gasteiger partial charge in [0.05, 0.1) is 6.04 Å². The summed E-state index contributed by atoms with van der Waals surface area (Å²) in [5.74, 6) is 0.0224. The number of hydrogen-bond donors (Lipinski definition) is 1. The minimum atomic E-state index is -0.385. The normalized spacial score (nSPS) is 30.5. The molecule has 0 heterocycles. The van der Waals surface area contributed by atoms with Crippen LogP contribution in [0.4, 0.5) is 0 Å². The molecule has 20 heavy (non-hydrogen) atoms. The number of carbonyl (C=O) groups excluding carboxylic acids is 1. The molecule has 1 amide bonds. The molecule has 1 N–H and O–H groups in total. The first-order valence-electron chi connectivity index (χ1n) is 6.58. The summed E-state index contributed by atoms with van der Waals surface area (Å²) in [5.41, 5.74) is 0.477. The maximum Gasteiger partial charge on any atom is 0.226 e. The fraction of sp³-hybridized carbons (Fsp3) is 0.533. The van der Waals surface area contributed by atoms with Crippen LogP contribution in [0.5, 0.6) is 0 Å². The summed E-state index contributed by atoms with van der Waals surface area (Å²) in [6, 6.07) is 5.13. The molecule has 0 aliphatic heterocycles. The second-order valence-electron chi connectivity index (χ2n) is 6.19. The summed E-state index contributed by atoms with van der Waals surface area (Å²) in [6.07, 6.45) is 1.38. The van der Waals surface area contributed by atoms with Crippen LogP contribution < -0.4 is 5.32 Å². The Morgan fingerprint density at radius 1 is 1.30 bits per heavy atom. The number of halogens is 3. The number of benzene rings is 1. The van der Waals surface area contributed by atoms with Gasteiger partial charge in [0.2, 0.25) is 5.91 Å². The van der Waals surface area contributed by atoms with Crippen LogP contribution in [-0.2, 0) is 4.79 Å². The van der Waals surface area contributed by atoms with Crippen molar-refractivity contribution in [2.75, 3.05) is 0 Å². The molecule has 0 spiro atoms. The van der Waals surface area contributed by atoms with Gasteiger partial charge in [0.1, 0.15) is 0 Å². The van der Waals surface area contributed by atoms with Crippen LogP contribution in [0.25, 0.3) is 0 Å². The van der Waals surface area contributed by atoms with Gasteiger partial charge in [0, 0.05) is 20.3 Å². The third kappa shape index (κ3) is 3.24. The van der Waals surface area contributed by atoms with E-state index in [0.29, 0.717) is 22.9 Å². The minimum absolute atomic E-state index is 0.0224. The molecule has 1 unspecified atom stereocenters. The van der Waals surface area contributed by atoms with Crippen LogP contribution in [-0.4, -0.2) is 10.8 Å². The molecular weight excluding hydrogens is 317 g/mol. The average Bonchev–Trinajstić information content (AvgIpc) is 2.25. The lowest BCUT2D eigenvalue weighted by Gasteiger charge is -2.48. The molecule has 0 bridgehead atoms. The topological polar surface area (TPSA) is 29.1 Å². The van der Waals surface area contributed by atoms with Crippen LogP contribution in [0, 0.1) is 5.41 Å². The van der Waals surface area contributed by atoms with E-state index in [9.17, 15) is 4.79 Å². The van der Waals surface area contributed by atoms with E-state index in [1.165, 1.54) is 0 Å². The molecule has 1 fully saturated rings. The van der Waals surface area contributed by atoms with E-state index in [1.54, 1.807) is 12.1 Å². The van der Waals surface area contributed by atoms with Crippen LogP contribution in [0.1, 0.15) is 45.2 Å². The van der Waals surface area contributed by atoms with Crippen molar-refractivity contribution < 1.29 is 4.79 Å². The standard InChI is InChI=1S/C15H18Cl3NO/c1-9(11-5-4-10(16)6-12(11)17)19-13(20)14(2)7-15(3,18)8-14/h4-6,9H,7-8H2,1-3H3,(H,19,20)/t9?,14-,15-. The largest absolute Gasteiger partial charge is 0.349 e. The van der Waals surface area contributed by atoms with Gasteiger partial charge < -0.3 is 5.32 Å². The number of alkyl halides is 1. The summed E-state index contributed by atoms with van der Waals surface area (Å²) < 4.78 is 0. The van der Waals surface area contributed by atoms with Crippen molar-refractivity contribution in [3.8, 4) is 0 Å². The predicted octanol–water partition coefficient (Wildman–Crippen LogP) is 4.97. The Morgan fingerprint density at radius 2 is 1.90 bits per heavy atom. The highest BCUT2D eigenvalue weighted by Gasteiger charge is 2.52. The van der Waals surface area contributed by atoms with Crippen LogP contribution in [0.3, 0.4) is 0 Å². The van der Waals surface area contributed by atoms with Crippen molar-refractivity contribution >= 4 is 40.7 Å². The number of nitrogens with one attached hydrogen (secondary N) is 1. The monoisotopic (exact) mass is 333 g/mol. The van der Waals surface area contributed by atoms with E-state index >= 15 is 0 Å². The van der Waals surface area contributed by atoms with Crippen molar-refractivity contribution in [2.45, 2.75) is 44.5 Å². The van der Waals surface area contributed by atoms with Crippen molar-refractivity contribution in [3.05, 3.63) is 33.8 Å². The maximum atomic E-state index is 12.4. The van der Waals surface area contributed by atoms with Crippen LogP contribution in [0.15, 0.2) is 18.2 Å². The Hall–Kier alpha value is -0.440. The molecule has 0 radical (unpaired) electrons. The van der Waals surface area contributed by atoms with Gasteiger partial charge in [-0.2, -0.15) is 0 Å². The number of amides is 1. The van der Waals surface area contributed by atoms with E-state index in [-0.39, 0.29) is 22.2 Å². The zero-order chi connectivity index (χ0) is 15.1. The zero-order valence-corrected chi connectivity index (χ0v) is 14.0. The lowest BCUT2D eigenvalue weighted by atomic mass is 9.62. The molecule has 2 nitrogen and oxygen atoms in total. The maximum absolute atomic E-state index is 12.4. The smallest absolute Gasteiger partial charge is 0.226 e. The second-order valence-corrected chi connectivity index (χ2v) is 7.94. The van der Waals surface area contributed by atoms with Gasteiger partial charge in [0.15, 0.2) is 0 Å². The van der Waals surface area contributed by atoms with Crippen molar-refractivity contribution in [3.63, 3.8) is 0 Å². The molecule has 1 aliphatic carbocycles. The fourth-order valence-electron chi connectivity index (χ4n) is 3.04. The van der Waals surface area contributed by atoms with E-state index in [1.807, 2.05) is 26.8 Å². The van der Waals surface area contributed by atoms with E-state index in [0.717, 1.165) is 5.56 Å². The van der Waals surface area contributed by atoms with E-state index < -0.39 is 0 Å². The number of rotatable bonds is 3. The van der Waals surface area contributed by atoms with Crippen molar-refractivity contribution in [1.29, 1.82) is 0 Å². The van der Waals surface area contributed by atoms with Gasteiger partial charge in [0.25, 0.3) is 0 Å². The number of hydrogen-bond acceptors (Lipinski definition) is 1. The number of carbonyl (C=O) groups is 1. The van der Waals surface area contributed by atoms with Gasteiger partial charge in [-0.15, -0.1) is 11.6 Å². The summed E-state index contributed by atoms with van der Waals surface area (Å²) in [6.45, 7) is 5.82. The molecule has 1 aromatic carbocycles. The highest BCUT2D eigenvalue weighted by atomic mass is 35.5. The first kappa shape index (κ1) is 15.9. The van der Waals surface area contributed by atoms with Gasteiger partial charge in [-0.1, -0.05) is 36.2 Å². The zero-order valence-electron chi connectivity index (χ0n) is 11.8. The van der Waals surface area contributed by atoms with Crippen LogP contribution >= 0.6 is 34.8 Å². The minimum Gasteiger partial charge on any atom is -0.349 e. The molecule has 110 valence electrons. The first-order valence-corrected chi connectivity index (χ1v) is 7.71. The highest BCUT2D eigenvalue weighted by molar-refractivity contribution is 6.35. The van der Waals surface area contributed by atoms with Crippen LogP contribution in [0.2, 0.25) is 10.0 Å². The predicted molar refractivity (Wildman–Crippen MR) is 84.6 cm³/mol. The fourth-order valence-corrected chi connectivity index (χ4v) is 4.20. The van der Waals surface area contributed by atoms with Gasteiger partial charge >= 0.3 is 0 Å². The Morgan fingerprint density at radius 3 is 2.40 bits per heavy atom. The molecule has 1 saturated carbocycles. The molecule has 1 atom stereocenters. The van der Waals surface area contributed by atoms with Crippen molar-refractivity contribution in [1.82, 2.24) is 5.32 Å².